The minimum Gasteiger partial charge on any atom is -0.481 e. The lowest BCUT2D eigenvalue weighted by atomic mass is 10.1. The molecule has 1 fully saturated rings. The lowest BCUT2D eigenvalue weighted by Crippen LogP contribution is -2.57. The molecular formula is C23H27N3O4. The van der Waals surface area contributed by atoms with Crippen LogP contribution in [0.2, 0.25) is 0 Å². The van der Waals surface area contributed by atoms with Crippen molar-refractivity contribution in [1.82, 2.24) is 9.80 Å². The van der Waals surface area contributed by atoms with E-state index in [1.807, 2.05) is 25.1 Å². The molecule has 30 heavy (non-hydrogen) atoms. The van der Waals surface area contributed by atoms with Crippen LogP contribution in [0, 0.1) is 6.92 Å². The third-order valence-electron chi connectivity index (χ3n) is 5.34. The van der Waals surface area contributed by atoms with Crippen molar-refractivity contribution < 1.29 is 19.1 Å². The molecule has 158 valence electrons. The predicted octanol–water partition coefficient (Wildman–Crippen LogP) is 2.23. The Morgan fingerprint density at radius 2 is 1.80 bits per heavy atom. The van der Waals surface area contributed by atoms with Crippen LogP contribution in [0.5, 0.6) is 5.75 Å². The molecule has 0 aromatic heterocycles. The molecule has 1 aliphatic heterocycles. The molecule has 0 aliphatic carbocycles. The first kappa shape index (κ1) is 21.4. The minimum absolute atomic E-state index is 0.0242. The lowest BCUT2D eigenvalue weighted by Gasteiger charge is -2.40. The van der Waals surface area contributed by atoms with Gasteiger partial charge in [-0.3, -0.25) is 14.4 Å². The second kappa shape index (κ2) is 8.98. The van der Waals surface area contributed by atoms with E-state index in [4.69, 9.17) is 10.5 Å². The van der Waals surface area contributed by atoms with Crippen molar-refractivity contribution in [2.75, 3.05) is 19.6 Å². The van der Waals surface area contributed by atoms with Gasteiger partial charge in [-0.15, -0.1) is 0 Å². The van der Waals surface area contributed by atoms with Gasteiger partial charge in [-0.25, -0.2) is 0 Å². The Labute approximate surface area is 176 Å². The molecule has 2 aromatic rings. The number of carbonyl (C=O) groups is 3. The van der Waals surface area contributed by atoms with Crippen molar-refractivity contribution in [1.29, 1.82) is 0 Å². The highest BCUT2D eigenvalue weighted by atomic mass is 16.5. The normalized spacial score (nSPS) is 17.4. The van der Waals surface area contributed by atoms with Crippen LogP contribution in [0.3, 0.4) is 0 Å². The maximum atomic E-state index is 12.9. The van der Waals surface area contributed by atoms with E-state index in [2.05, 4.69) is 0 Å². The van der Waals surface area contributed by atoms with Crippen LogP contribution in [0.4, 0.5) is 0 Å². The molecule has 1 aliphatic rings. The van der Waals surface area contributed by atoms with Gasteiger partial charge in [0.25, 0.3) is 11.8 Å². The zero-order valence-electron chi connectivity index (χ0n) is 17.5. The van der Waals surface area contributed by atoms with Gasteiger partial charge in [-0.2, -0.15) is 0 Å². The molecule has 3 rings (SSSR count). The number of hydrogen-bond donors (Lipinski definition) is 1. The molecule has 1 unspecified atom stereocenters. The topological polar surface area (TPSA) is 92.9 Å². The van der Waals surface area contributed by atoms with Crippen LogP contribution in [0.25, 0.3) is 0 Å². The summed E-state index contributed by atoms with van der Waals surface area (Å²) in [6.07, 6.45) is -0.692. The van der Waals surface area contributed by atoms with E-state index in [1.165, 1.54) is 0 Å². The lowest BCUT2D eigenvalue weighted by molar-refractivity contribution is -0.142. The summed E-state index contributed by atoms with van der Waals surface area (Å²) in [5, 5.41) is 0. The standard InChI is InChI=1S/C23H27N3O4/c1-15-13-19(9-10-20(15)21(24)27)30-17(3)22(28)26-12-11-25(14-16(26)2)23(29)18-7-5-4-6-8-18/h4-10,13,16-17H,11-12,14H2,1-3H3,(H2,24,27)/t16-,17?/m1/s1. The summed E-state index contributed by atoms with van der Waals surface area (Å²) < 4.78 is 5.81. The van der Waals surface area contributed by atoms with Gasteiger partial charge >= 0.3 is 0 Å². The fourth-order valence-electron chi connectivity index (χ4n) is 3.71. The highest BCUT2D eigenvalue weighted by Gasteiger charge is 2.33. The molecule has 0 spiro atoms. The van der Waals surface area contributed by atoms with Crippen LogP contribution in [-0.2, 0) is 4.79 Å². The Hall–Kier alpha value is -3.35. The molecule has 2 aromatic carbocycles. The molecule has 2 atom stereocenters. The Kier molecular flexibility index (Phi) is 6.40. The van der Waals surface area contributed by atoms with Gasteiger partial charge in [0.2, 0.25) is 5.91 Å². The van der Waals surface area contributed by atoms with Crippen LogP contribution in [-0.4, -0.2) is 59.3 Å². The summed E-state index contributed by atoms with van der Waals surface area (Å²) in [6, 6.07) is 14.0. The van der Waals surface area contributed by atoms with Crippen LogP contribution >= 0.6 is 0 Å². The highest BCUT2D eigenvalue weighted by molar-refractivity contribution is 5.95. The Morgan fingerprint density at radius 3 is 2.40 bits per heavy atom. The van der Waals surface area contributed by atoms with Crippen molar-refractivity contribution in [3.8, 4) is 5.75 Å². The summed E-state index contributed by atoms with van der Waals surface area (Å²) in [5.74, 6) is -0.154. The van der Waals surface area contributed by atoms with Crippen LogP contribution < -0.4 is 10.5 Å². The number of nitrogens with zero attached hydrogens (tertiary/aromatic N) is 2. The number of benzene rings is 2. The van der Waals surface area contributed by atoms with Crippen molar-refractivity contribution in [2.45, 2.75) is 32.9 Å². The summed E-state index contributed by atoms with van der Waals surface area (Å²) in [5.41, 5.74) is 7.10. The molecule has 0 radical (unpaired) electrons. The molecule has 0 bridgehead atoms. The first-order chi connectivity index (χ1) is 14.3. The van der Waals surface area contributed by atoms with E-state index < -0.39 is 12.0 Å². The first-order valence-electron chi connectivity index (χ1n) is 10.00. The molecular weight excluding hydrogens is 382 g/mol. The Balaban J connectivity index is 1.61. The summed E-state index contributed by atoms with van der Waals surface area (Å²) in [4.78, 5) is 40.5. The number of ether oxygens (including phenoxy) is 1. The van der Waals surface area contributed by atoms with Gasteiger partial charge in [0.1, 0.15) is 5.75 Å². The molecule has 2 N–H and O–H groups in total. The highest BCUT2D eigenvalue weighted by Crippen LogP contribution is 2.20. The Bertz CT molecular complexity index is 945. The quantitative estimate of drug-likeness (QED) is 0.820. The Morgan fingerprint density at radius 1 is 1.10 bits per heavy atom. The van der Waals surface area contributed by atoms with Gasteiger partial charge in [0.15, 0.2) is 6.10 Å². The number of nitrogens with two attached hydrogens (primary N) is 1. The number of primary amides is 1. The van der Waals surface area contributed by atoms with E-state index >= 15 is 0 Å². The number of rotatable bonds is 5. The van der Waals surface area contributed by atoms with E-state index in [1.54, 1.807) is 54.0 Å². The zero-order chi connectivity index (χ0) is 21.8. The summed E-state index contributed by atoms with van der Waals surface area (Å²) >= 11 is 0. The van der Waals surface area contributed by atoms with Gasteiger partial charge in [-0.1, -0.05) is 18.2 Å². The maximum Gasteiger partial charge on any atom is 0.263 e. The van der Waals surface area contributed by atoms with Crippen molar-refractivity contribution in [3.63, 3.8) is 0 Å². The van der Waals surface area contributed by atoms with Gasteiger partial charge in [0.05, 0.1) is 0 Å². The van der Waals surface area contributed by atoms with E-state index in [0.717, 1.165) is 0 Å². The summed E-state index contributed by atoms with van der Waals surface area (Å²) in [6.45, 7) is 6.80. The summed E-state index contributed by atoms with van der Waals surface area (Å²) in [7, 11) is 0. The molecule has 3 amide bonds. The average Bonchev–Trinajstić information content (AvgIpc) is 2.73. The fourth-order valence-corrected chi connectivity index (χ4v) is 3.71. The van der Waals surface area contributed by atoms with E-state index in [0.29, 0.717) is 42.1 Å². The van der Waals surface area contributed by atoms with Crippen molar-refractivity contribution in [2.24, 2.45) is 5.73 Å². The fraction of sp³-hybridized carbons (Fsp3) is 0.348. The monoisotopic (exact) mass is 409 g/mol. The molecule has 7 heteroatoms. The number of amides is 3. The number of hydrogen-bond acceptors (Lipinski definition) is 4. The zero-order valence-corrected chi connectivity index (χ0v) is 17.5. The molecule has 1 heterocycles. The largest absolute Gasteiger partial charge is 0.481 e. The molecule has 7 nitrogen and oxygen atoms in total. The van der Waals surface area contributed by atoms with Crippen LogP contribution in [0.15, 0.2) is 48.5 Å². The number of carbonyl (C=O) groups excluding carboxylic acids is 3. The third-order valence-corrected chi connectivity index (χ3v) is 5.34. The third kappa shape index (κ3) is 4.62. The molecule has 1 saturated heterocycles. The van der Waals surface area contributed by atoms with E-state index in [9.17, 15) is 14.4 Å². The SMILES string of the molecule is Cc1cc(OC(C)C(=O)N2CCN(C(=O)c3ccccc3)C[C@H]2C)ccc1C(N)=O. The van der Waals surface area contributed by atoms with Crippen LogP contribution in [0.1, 0.15) is 40.1 Å². The second-order valence-electron chi connectivity index (χ2n) is 7.60. The number of aryl methyl sites for hydroxylation is 1. The maximum absolute atomic E-state index is 12.9. The molecule has 0 saturated carbocycles. The van der Waals surface area contributed by atoms with Gasteiger partial charge in [-0.05, 0) is 56.7 Å². The van der Waals surface area contributed by atoms with E-state index in [-0.39, 0.29) is 17.9 Å². The van der Waals surface area contributed by atoms with Crippen molar-refractivity contribution >= 4 is 17.7 Å². The smallest absolute Gasteiger partial charge is 0.263 e. The van der Waals surface area contributed by atoms with Gasteiger partial charge in [0, 0.05) is 36.8 Å². The van der Waals surface area contributed by atoms with Crippen molar-refractivity contribution in [3.05, 3.63) is 65.2 Å². The minimum atomic E-state index is -0.692. The number of piperazine rings is 1. The average molecular weight is 409 g/mol. The second-order valence-corrected chi connectivity index (χ2v) is 7.60. The van der Waals surface area contributed by atoms with Gasteiger partial charge < -0.3 is 20.3 Å². The first-order valence-corrected chi connectivity index (χ1v) is 10.00. The predicted molar refractivity (Wildman–Crippen MR) is 113 cm³/mol.